The number of aromatic nitrogens is 2. The second-order valence-corrected chi connectivity index (χ2v) is 9.72. The number of benzene rings is 4. The Labute approximate surface area is 205 Å². The van der Waals surface area contributed by atoms with Crippen molar-refractivity contribution in [2.75, 3.05) is 13.2 Å². The molecule has 6 heteroatoms. The Morgan fingerprint density at radius 1 is 0.500 bits per heavy atom. The molecule has 0 aliphatic carbocycles. The summed E-state index contributed by atoms with van der Waals surface area (Å²) < 4.78 is 14.6. The van der Waals surface area contributed by atoms with Gasteiger partial charge in [0, 0.05) is 0 Å². The average Bonchev–Trinajstić information content (AvgIpc) is 3.51. The van der Waals surface area contributed by atoms with Crippen LogP contribution in [0.2, 0.25) is 0 Å². The first-order valence-corrected chi connectivity index (χ1v) is 12.6. The van der Waals surface area contributed by atoms with Crippen LogP contribution < -0.4 is 9.47 Å². The second kappa shape index (κ2) is 9.25. The summed E-state index contributed by atoms with van der Waals surface area (Å²) in [7, 11) is 0. The molecule has 0 amide bonds. The highest BCUT2D eigenvalue weighted by Gasteiger charge is 2.13. The number of hydrogen-bond donors (Lipinski definition) is 0. The van der Waals surface area contributed by atoms with Crippen molar-refractivity contribution in [1.29, 1.82) is 0 Å². The van der Waals surface area contributed by atoms with Crippen LogP contribution in [0.5, 0.6) is 11.5 Å². The number of ether oxygens (including phenoxy) is 2. The van der Waals surface area contributed by atoms with Crippen LogP contribution >= 0.6 is 22.7 Å². The summed E-state index contributed by atoms with van der Waals surface area (Å²) in [5.41, 5.74) is 4.01. The van der Waals surface area contributed by atoms with E-state index in [0.29, 0.717) is 13.2 Å². The normalized spacial score (nSPS) is 11.2. The number of para-hydroxylation sites is 4. The van der Waals surface area contributed by atoms with Gasteiger partial charge in [0.25, 0.3) is 0 Å². The van der Waals surface area contributed by atoms with E-state index >= 15 is 0 Å². The van der Waals surface area contributed by atoms with Crippen molar-refractivity contribution >= 4 is 43.1 Å². The largest absolute Gasteiger partial charge is 0.489 e. The molecule has 166 valence electrons. The van der Waals surface area contributed by atoms with E-state index in [1.54, 1.807) is 22.7 Å². The van der Waals surface area contributed by atoms with Crippen molar-refractivity contribution in [3.8, 4) is 32.6 Å². The van der Waals surface area contributed by atoms with Gasteiger partial charge in [-0.25, -0.2) is 9.97 Å². The van der Waals surface area contributed by atoms with Gasteiger partial charge in [0.05, 0.1) is 31.6 Å². The maximum absolute atomic E-state index is 6.13. The molecule has 2 aromatic heterocycles. The van der Waals surface area contributed by atoms with Crippen LogP contribution in [-0.4, -0.2) is 23.2 Å². The Hall–Kier alpha value is -3.74. The molecule has 34 heavy (non-hydrogen) atoms. The summed E-state index contributed by atoms with van der Waals surface area (Å²) in [4.78, 5) is 9.57. The molecule has 6 rings (SSSR count). The Kier molecular flexibility index (Phi) is 5.67. The third-order valence-electron chi connectivity index (χ3n) is 5.42. The van der Waals surface area contributed by atoms with Gasteiger partial charge in [-0.1, -0.05) is 48.5 Å². The molecule has 0 aliphatic rings. The van der Waals surface area contributed by atoms with Crippen LogP contribution in [-0.2, 0) is 0 Å². The molecule has 0 atom stereocenters. The highest BCUT2D eigenvalue weighted by molar-refractivity contribution is 7.22. The van der Waals surface area contributed by atoms with Crippen LogP contribution in [0.15, 0.2) is 97.1 Å². The molecule has 2 heterocycles. The van der Waals surface area contributed by atoms with Crippen molar-refractivity contribution in [2.24, 2.45) is 0 Å². The van der Waals surface area contributed by atoms with E-state index < -0.39 is 0 Å². The predicted octanol–water partition coefficient (Wildman–Crippen LogP) is 7.70. The molecule has 0 N–H and O–H groups in total. The molecule has 0 aliphatic heterocycles. The van der Waals surface area contributed by atoms with E-state index in [-0.39, 0.29) is 0 Å². The fraction of sp³-hybridized carbons (Fsp3) is 0.0714. The zero-order chi connectivity index (χ0) is 22.7. The molecule has 0 fully saturated rings. The molecular weight excluding hydrogens is 460 g/mol. The zero-order valence-electron chi connectivity index (χ0n) is 18.2. The minimum atomic E-state index is 0.427. The van der Waals surface area contributed by atoms with Crippen LogP contribution in [0.4, 0.5) is 0 Å². The number of rotatable bonds is 7. The van der Waals surface area contributed by atoms with Gasteiger partial charge in [0.1, 0.15) is 34.7 Å². The van der Waals surface area contributed by atoms with Gasteiger partial charge >= 0.3 is 0 Å². The average molecular weight is 481 g/mol. The van der Waals surface area contributed by atoms with E-state index in [2.05, 4.69) is 24.3 Å². The third kappa shape index (κ3) is 4.14. The fourth-order valence-corrected chi connectivity index (χ4v) is 5.81. The summed E-state index contributed by atoms with van der Waals surface area (Å²) in [6.07, 6.45) is 0. The SMILES string of the molecule is c1ccc(-c2nc3ccccc3s2)c(OCCOc2ccccc2-c2nc3ccccc3s2)c1. The standard InChI is InChI=1S/C28H20N2O2S2/c1-5-13-23(19(9-1)27-29-21-11-3-7-15-25(21)33-27)31-17-18-32-24-14-6-2-10-20(24)28-30-22-12-4-8-16-26(22)34-28/h1-16H,17-18H2. The lowest BCUT2D eigenvalue weighted by atomic mass is 10.2. The molecule has 0 spiro atoms. The molecule has 4 aromatic carbocycles. The van der Waals surface area contributed by atoms with E-state index in [1.165, 1.54) is 9.40 Å². The van der Waals surface area contributed by atoms with Crippen molar-refractivity contribution in [3.05, 3.63) is 97.1 Å². The zero-order valence-corrected chi connectivity index (χ0v) is 19.8. The topological polar surface area (TPSA) is 44.2 Å². The van der Waals surface area contributed by atoms with Crippen molar-refractivity contribution in [1.82, 2.24) is 9.97 Å². The smallest absolute Gasteiger partial charge is 0.129 e. The van der Waals surface area contributed by atoms with Gasteiger partial charge in [0.15, 0.2) is 0 Å². The number of fused-ring (bicyclic) bond motifs is 2. The maximum Gasteiger partial charge on any atom is 0.129 e. The lowest BCUT2D eigenvalue weighted by Crippen LogP contribution is -2.10. The Morgan fingerprint density at radius 3 is 1.38 bits per heavy atom. The van der Waals surface area contributed by atoms with Gasteiger partial charge in [-0.15, -0.1) is 22.7 Å². The monoisotopic (exact) mass is 480 g/mol. The molecule has 0 bridgehead atoms. The molecule has 4 nitrogen and oxygen atoms in total. The van der Waals surface area contributed by atoms with Gasteiger partial charge in [0.2, 0.25) is 0 Å². The first-order chi connectivity index (χ1) is 16.8. The van der Waals surface area contributed by atoms with Crippen molar-refractivity contribution in [3.63, 3.8) is 0 Å². The van der Waals surface area contributed by atoms with Crippen LogP contribution in [0.3, 0.4) is 0 Å². The van der Waals surface area contributed by atoms with Crippen LogP contribution in [0.1, 0.15) is 0 Å². The Bertz CT molecular complexity index is 1400. The minimum absolute atomic E-state index is 0.427. The summed E-state index contributed by atoms with van der Waals surface area (Å²) in [5.74, 6) is 1.62. The summed E-state index contributed by atoms with van der Waals surface area (Å²) in [6, 6.07) is 32.4. The Morgan fingerprint density at radius 2 is 0.912 bits per heavy atom. The molecular formula is C28H20N2O2S2. The molecule has 6 aromatic rings. The van der Waals surface area contributed by atoms with Gasteiger partial charge in [-0.3, -0.25) is 0 Å². The van der Waals surface area contributed by atoms with Crippen molar-refractivity contribution in [2.45, 2.75) is 0 Å². The van der Waals surface area contributed by atoms with Gasteiger partial charge in [-0.05, 0) is 48.5 Å². The third-order valence-corrected chi connectivity index (χ3v) is 7.56. The van der Waals surface area contributed by atoms with E-state index in [9.17, 15) is 0 Å². The van der Waals surface area contributed by atoms with Crippen LogP contribution in [0.25, 0.3) is 41.6 Å². The maximum atomic E-state index is 6.13. The molecule has 0 unspecified atom stereocenters. The molecule has 0 saturated carbocycles. The Balaban J connectivity index is 1.17. The first kappa shape index (κ1) is 20.8. The second-order valence-electron chi connectivity index (χ2n) is 7.66. The summed E-state index contributed by atoms with van der Waals surface area (Å²) >= 11 is 3.35. The van der Waals surface area contributed by atoms with E-state index in [0.717, 1.165) is 43.7 Å². The summed E-state index contributed by atoms with van der Waals surface area (Å²) in [6.45, 7) is 0.853. The molecule has 0 saturated heterocycles. The number of thiazole rings is 2. The first-order valence-electron chi connectivity index (χ1n) is 11.0. The number of nitrogens with zero attached hydrogens (tertiary/aromatic N) is 2. The number of hydrogen-bond acceptors (Lipinski definition) is 6. The molecule has 0 radical (unpaired) electrons. The fourth-order valence-electron chi connectivity index (χ4n) is 3.82. The predicted molar refractivity (Wildman–Crippen MR) is 141 cm³/mol. The highest BCUT2D eigenvalue weighted by atomic mass is 32.1. The highest BCUT2D eigenvalue weighted by Crippen LogP contribution is 2.37. The minimum Gasteiger partial charge on any atom is -0.489 e. The lowest BCUT2D eigenvalue weighted by molar-refractivity contribution is 0.218. The van der Waals surface area contributed by atoms with Gasteiger partial charge < -0.3 is 9.47 Å². The lowest BCUT2D eigenvalue weighted by Gasteiger charge is -2.12. The van der Waals surface area contributed by atoms with Gasteiger partial charge in [-0.2, -0.15) is 0 Å². The summed E-state index contributed by atoms with van der Waals surface area (Å²) in [5, 5.41) is 1.91. The quantitative estimate of drug-likeness (QED) is 0.220. The van der Waals surface area contributed by atoms with Crippen molar-refractivity contribution < 1.29 is 9.47 Å². The van der Waals surface area contributed by atoms with Crippen LogP contribution in [0, 0.1) is 0 Å². The van der Waals surface area contributed by atoms with E-state index in [1.807, 2.05) is 72.8 Å². The van der Waals surface area contributed by atoms with E-state index in [4.69, 9.17) is 19.4 Å².